The van der Waals surface area contributed by atoms with Crippen LogP contribution in [0.15, 0.2) is 65.7 Å². The largest absolute Gasteiger partial charge is 0.388 e. The standard InChI is InChI=1S/C14H14N2O/c17-11-14(15-12-7-3-1-4-8-12)16-13-9-5-2-6-10-13/h1-10,17H,11H2,(H,15,16). The van der Waals surface area contributed by atoms with Gasteiger partial charge >= 0.3 is 0 Å². The van der Waals surface area contributed by atoms with Crippen LogP contribution in [0, 0.1) is 0 Å². The van der Waals surface area contributed by atoms with E-state index in [0.29, 0.717) is 5.84 Å². The van der Waals surface area contributed by atoms with Crippen molar-refractivity contribution in [1.29, 1.82) is 0 Å². The molecule has 2 rings (SSSR count). The second-order valence-electron chi connectivity index (χ2n) is 3.54. The van der Waals surface area contributed by atoms with E-state index in [1.807, 2.05) is 60.7 Å². The van der Waals surface area contributed by atoms with Crippen LogP contribution in [-0.4, -0.2) is 17.5 Å². The Labute approximate surface area is 100 Å². The Morgan fingerprint density at radius 1 is 0.941 bits per heavy atom. The van der Waals surface area contributed by atoms with E-state index in [2.05, 4.69) is 10.3 Å². The first kappa shape index (κ1) is 11.4. The molecule has 3 heteroatoms. The third kappa shape index (κ3) is 3.43. The minimum atomic E-state index is -0.121. The summed E-state index contributed by atoms with van der Waals surface area (Å²) in [6.07, 6.45) is 0. The number of benzene rings is 2. The highest BCUT2D eigenvalue weighted by Crippen LogP contribution is 2.11. The molecule has 0 aromatic heterocycles. The van der Waals surface area contributed by atoms with E-state index in [4.69, 9.17) is 0 Å². The number of nitrogens with one attached hydrogen (secondary N) is 1. The van der Waals surface area contributed by atoms with E-state index in [0.717, 1.165) is 11.4 Å². The third-order valence-electron chi connectivity index (χ3n) is 2.23. The molecule has 2 N–H and O–H groups in total. The highest BCUT2D eigenvalue weighted by atomic mass is 16.3. The summed E-state index contributed by atoms with van der Waals surface area (Å²) in [5, 5.41) is 12.3. The number of aliphatic hydroxyl groups excluding tert-OH is 1. The Balaban J connectivity index is 2.15. The molecule has 0 bridgehead atoms. The number of aliphatic imine (C=N–C) groups is 1. The van der Waals surface area contributed by atoms with Crippen LogP contribution in [0.25, 0.3) is 0 Å². The second kappa shape index (κ2) is 5.82. The van der Waals surface area contributed by atoms with Gasteiger partial charge in [-0.15, -0.1) is 0 Å². The summed E-state index contributed by atoms with van der Waals surface area (Å²) in [5.41, 5.74) is 1.73. The predicted molar refractivity (Wildman–Crippen MR) is 70.7 cm³/mol. The lowest BCUT2D eigenvalue weighted by molar-refractivity contribution is 0.357. The number of para-hydroxylation sites is 2. The Bertz CT molecular complexity index is 480. The van der Waals surface area contributed by atoms with Gasteiger partial charge in [-0.2, -0.15) is 0 Å². The fraction of sp³-hybridized carbons (Fsp3) is 0.0714. The molecule has 0 aliphatic carbocycles. The monoisotopic (exact) mass is 226 g/mol. The maximum Gasteiger partial charge on any atom is 0.132 e. The van der Waals surface area contributed by atoms with Gasteiger partial charge in [0.15, 0.2) is 0 Å². The first-order valence-corrected chi connectivity index (χ1v) is 5.44. The van der Waals surface area contributed by atoms with Gasteiger partial charge in [-0.05, 0) is 24.3 Å². The molecular formula is C14H14N2O. The number of nitrogens with zero attached hydrogens (tertiary/aromatic N) is 1. The zero-order chi connectivity index (χ0) is 11.9. The average Bonchev–Trinajstić information content (AvgIpc) is 2.40. The molecule has 0 unspecified atom stereocenters. The molecule has 86 valence electrons. The normalized spacial score (nSPS) is 11.2. The maximum absolute atomic E-state index is 9.26. The van der Waals surface area contributed by atoms with Gasteiger partial charge in [-0.3, -0.25) is 0 Å². The Kier molecular flexibility index (Phi) is 3.89. The molecule has 0 radical (unpaired) electrons. The molecule has 3 nitrogen and oxygen atoms in total. The van der Waals surface area contributed by atoms with Crippen molar-refractivity contribution in [3.8, 4) is 0 Å². The average molecular weight is 226 g/mol. The zero-order valence-electron chi connectivity index (χ0n) is 9.38. The van der Waals surface area contributed by atoms with Gasteiger partial charge < -0.3 is 10.4 Å². The summed E-state index contributed by atoms with van der Waals surface area (Å²) < 4.78 is 0. The summed E-state index contributed by atoms with van der Waals surface area (Å²) in [6, 6.07) is 19.2. The van der Waals surface area contributed by atoms with Crippen LogP contribution in [0.1, 0.15) is 0 Å². The quantitative estimate of drug-likeness (QED) is 0.624. The van der Waals surface area contributed by atoms with Crippen molar-refractivity contribution in [3.05, 3.63) is 60.7 Å². The van der Waals surface area contributed by atoms with Gasteiger partial charge in [0.2, 0.25) is 0 Å². The minimum absolute atomic E-state index is 0.121. The highest BCUT2D eigenvalue weighted by Gasteiger charge is 1.98. The van der Waals surface area contributed by atoms with Crippen LogP contribution in [0.5, 0.6) is 0 Å². The molecule has 17 heavy (non-hydrogen) atoms. The van der Waals surface area contributed by atoms with Crippen LogP contribution in [0.4, 0.5) is 11.4 Å². The van der Waals surface area contributed by atoms with Gasteiger partial charge in [0.1, 0.15) is 12.4 Å². The second-order valence-corrected chi connectivity index (χ2v) is 3.54. The number of aliphatic hydroxyl groups is 1. The first-order chi connectivity index (χ1) is 8.38. The first-order valence-electron chi connectivity index (χ1n) is 5.44. The molecule has 0 heterocycles. The number of anilines is 1. The van der Waals surface area contributed by atoms with Crippen LogP contribution in [0.3, 0.4) is 0 Å². The molecule has 0 saturated carbocycles. The van der Waals surface area contributed by atoms with Crippen LogP contribution in [0.2, 0.25) is 0 Å². The summed E-state index contributed by atoms with van der Waals surface area (Å²) in [4.78, 5) is 4.33. The van der Waals surface area contributed by atoms with Gasteiger partial charge in [-0.25, -0.2) is 4.99 Å². The Morgan fingerprint density at radius 2 is 1.53 bits per heavy atom. The smallest absolute Gasteiger partial charge is 0.132 e. The van der Waals surface area contributed by atoms with Crippen molar-refractivity contribution >= 4 is 17.2 Å². The summed E-state index contributed by atoms with van der Waals surface area (Å²) in [6.45, 7) is -0.121. The van der Waals surface area contributed by atoms with Gasteiger partial charge in [0.25, 0.3) is 0 Å². The van der Waals surface area contributed by atoms with Crippen molar-refractivity contribution in [1.82, 2.24) is 0 Å². The van der Waals surface area contributed by atoms with Crippen LogP contribution in [-0.2, 0) is 0 Å². The van der Waals surface area contributed by atoms with E-state index < -0.39 is 0 Å². The fourth-order valence-corrected chi connectivity index (χ4v) is 1.45. The molecule has 0 spiro atoms. The summed E-state index contributed by atoms with van der Waals surface area (Å²) in [5.74, 6) is 0.530. The molecule has 2 aromatic carbocycles. The fourth-order valence-electron chi connectivity index (χ4n) is 1.45. The van der Waals surface area contributed by atoms with Crippen molar-refractivity contribution in [2.24, 2.45) is 4.99 Å². The molecule has 0 atom stereocenters. The molecule has 0 aliphatic heterocycles. The van der Waals surface area contributed by atoms with Crippen molar-refractivity contribution in [2.45, 2.75) is 0 Å². The lowest BCUT2D eigenvalue weighted by Gasteiger charge is -2.07. The molecule has 2 aromatic rings. The minimum Gasteiger partial charge on any atom is -0.388 e. The molecule has 0 fully saturated rings. The molecule has 0 saturated heterocycles. The SMILES string of the molecule is OCC(=Nc1ccccc1)Nc1ccccc1. The molecular weight excluding hydrogens is 212 g/mol. The van der Waals surface area contributed by atoms with E-state index >= 15 is 0 Å². The van der Waals surface area contributed by atoms with E-state index in [1.165, 1.54) is 0 Å². The lowest BCUT2D eigenvalue weighted by atomic mass is 10.3. The van der Waals surface area contributed by atoms with Crippen LogP contribution < -0.4 is 5.32 Å². The number of rotatable bonds is 3. The maximum atomic E-state index is 9.26. The topological polar surface area (TPSA) is 44.6 Å². The van der Waals surface area contributed by atoms with Crippen molar-refractivity contribution < 1.29 is 5.11 Å². The zero-order valence-corrected chi connectivity index (χ0v) is 9.38. The van der Waals surface area contributed by atoms with E-state index in [1.54, 1.807) is 0 Å². The molecule has 0 aliphatic rings. The predicted octanol–water partition coefficient (Wildman–Crippen LogP) is 2.82. The Morgan fingerprint density at radius 3 is 2.12 bits per heavy atom. The summed E-state index contributed by atoms with van der Waals surface area (Å²) >= 11 is 0. The van der Waals surface area contributed by atoms with Crippen LogP contribution >= 0.6 is 0 Å². The van der Waals surface area contributed by atoms with Crippen molar-refractivity contribution in [2.75, 3.05) is 11.9 Å². The third-order valence-corrected chi connectivity index (χ3v) is 2.23. The van der Waals surface area contributed by atoms with Crippen molar-refractivity contribution in [3.63, 3.8) is 0 Å². The van der Waals surface area contributed by atoms with E-state index in [9.17, 15) is 5.11 Å². The summed E-state index contributed by atoms with van der Waals surface area (Å²) in [7, 11) is 0. The number of hydrogen-bond acceptors (Lipinski definition) is 2. The number of hydrogen-bond donors (Lipinski definition) is 2. The van der Waals surface area contributed by atoms with Gasteiger partial charge in [0, 0.05) is 5.69 Å². The van der Waals surface area contributed by atoms with Gasteiger partial charge in [-0.1, -0.05) is 36.4 Å². The Hall–Kier alpha value is -2.13. The highest BCUT2D eigenvalue weighted by molar-refractivity contribution is 5.97. The lowest BCUT2D eigenvalue weighted by Crippen LogP contribution is -2.15. The molecule has 0 amide bonds. The number of amidine groups is 1. The van der Waals surface area contributed by atoms with E-state index in [-0.39, 0.29) is 6.61 Å². The van der Waals surface area contributed by atoms with Gasteiger partial charge in [0.05, 0.1) is 5.69 Å².